The molecule has 0 saturated heterocycles. The van der Waals surface area contributed by atoms with E-state index in [-0.39, 0.29) is 0 Å². The van der Waals surface area contributed by atoms with Crippen molar-refractivity contribution in [2.24, 2.45) is 0 Å². The largest absolute Gasteiger partial charge is 0.279 e. The van der Waals surface area contributed by atoms with E-state index in [9.17, 15) is 8.42 Å². The smallest absolute Gasteiger partial charge is 0.275 e. The predicted octanol–water partition coefficient (Wildman–Crippen LogP) is 3.92. The highest BCUT2D eigenvalue weighted by Crippen LogP contribution is 2.25. The summed E-state index contributed by atoms with van der Waals surface area (Å²) in [4.78, 5) is 0. The summed E-state index contributed by atoms with van der Waals surface area (Å²) in [6, 6.07) is 6.01. The van der Waals surface area contributed by atoms with E-state index in [1.54, 1.807) is 0 Å². The summed E-state index contributed by atoms with van der Waals surface area (Å²) in [5.41, 5.74) is 0.303. The van der Waals surface area contributed by atoms with Crippen LogP contribution in [0.3, 0.4) is 0 Å². The second-order valence-electron chi connectivity index (χ2n) is 2.65. The Hall–Kier alpha value is -0.130. The topological polar surface area (TPSA) is 46.2 Å². The SMILES string of the molecule is O=S(=O)(Nc1ccc(Cl)cc1)C(Cl)=C(Cl)Cl. The minimum atomic E-state index is -3.94. The minimum absolute atomic E-state index is 0.303. The normalized spacial score (nSPS) is 11.0. The van der Waals surface area contributed by atoms with Crippen LogP contribution < -0.4 is 4.72 Å². The van der Waals surface area contributed by atoms with Crippen molar-refractivity contribution in [3.8, 4) is 0 Å². The van der Waals surface area contributed by atoms with Gasteiger partial charge in [0.2, 0.25) is 0 Å². The van der Waals surface area contributed by atoms with Crippen molar-refractivity contribution in [2.45, 2.75) is 0 Å². The highest BCUT2D eigenvalue weighted by Gasteiger charge is 2.18. The van der Waals surface area contributed by atoms with E-state index in [1.165, 1.54) is 24.3 Å². The molecule has 16 heavy (non-hydrogen) atoms. The maximum Gasteiger partial charge on any atom is 0.275 e. The van der Waals surface area contributed by atoms with E-state index < -0.39 is 18.9 Å². The number of rotatable bonds is 3. The molecule has 1 N–H and O–H groups in total. The van der Waals surface area contributed by atoms with Crippen LogP contribution in [0.5, 0.6) is 0 Å². The third kappa shape index (κ3) is 3.71. The van der Waals surface area contributed by atoms with Crippen LogP contribution in [0.2, 0.25) is 5.02 Å². The van der Waals surface area contributed by atoms with E-state index in [2.05, 4.69) is 4.72 Å². The molecule has 0 aromatic heterocycles. The highest BCUT2D eigenvalue weighted by molar-refractivity contribution is 7.98. The Balaban J connectivity index is 2.98. The van der Waals surface area contributed by atoms with Crippen molar-refractivity contribution in [1.29, 1.82) is 0 Å². The molecule has 0 saturated carbocycles. The van der Waals surface area contributed by atoms with Crippen LogP contribution in [0.25, 0.3) is 0 Å². The van der Waals surface area contributed by atoms with Gasteiger partial charge in [-0.25, -0.2) is 8.42 Å². The molecule has 3 nitrogen and oxygen atoms in total. The molecule has 0 bridgehead atoms. The number of hydrogen-bond donors (Lipinski definition) is 1. The lowest BCUT2D eigenvalue weighted by Crippen LogP contribution is -2.12. The van der Waals surface area contributed by atoms with Crippen molar-refractivity contribution in [2.75, 3.05) is 4.72 Å². The van der Waals surface area contributed by atoms with Crippen LogP contribution >= 0.6 is 46.4 Å². The molecule has 8 heteroatoms. The zero-order chi connectivity index (χ0) is 12.3. The number of benzene rings is 1. The van der Waals surface area contributed by atoms with Crippen LogP contribution in [0, 0.1) is 0 Å². The third-order valence-electron chi connectivity index (χ3n) is 1.48. The van der Waals surface area contributed by atoms with Gasteiger partial charge in [0.1, 0.15) is 4.49 Å². The van der Waals surface area contributed by atoms with Crippen LogP contribution in [-0.4, -0.2) is 8.42 Å². The van der Waals surface area contributed by atoms with E-state index in [4.69, 9.17) is 46.4 Å². The predicted molar refractivity (Wildman–Crippen MR) is 68.6 cm³/mol. The van der Waals surface area contributed by atoms with Gasteiger partial charge < -0.3 is 0 Å². The van der Waals surface area contributed by atoms with Crippen LogP contribution in [-0.2, 0) is 10.0 Å². The van der Waals surface area contributed by atoms with Gasteiger partial charge in [0.05, 0.1) is 0 Å². The fourth-order valence-electron chi connectivity index (χ4n) is 0.819. The van der Waals surface area contributed by atoms with Gasteiger partial charge in [-0.1, -0.05) is 46.4 Å². The molecule has 0 radical (unpaired) electrons. The Kier molecular flexibility index (Phi) is 4.76. The first-order valence-corrected chi connectivity index (χ1v) is 6.81. The van der Waals surface area contributed by atoms with Crippen LogP contribution in [0.15, 0.2) is 33.1 Å². The molecule has 0 aliphatic carbocycles. The number of hydrogen-bond acceptors (Lipinski definition) is 2. The first kappa shape index (κ1) is 13.9. The molecule has 88 valence electrons. The molecule has 0 spiro atoms. The summed E-state index contributed by atoms with van der Waals surface area (Å²) >= 11 is 21.6. The monoisotopic (exact) mass is 319 g/mol. The van der Waals surface area contributed by atoms with E-state index >= 15 is 0 Å². The molecule has 1 aromatic carbocycles. The second-order valence-corrected chi connectivity index (χ2v) is 6.25. The minimum Gasteiger partial charge on any atom is -0.279 e. The lowest BCUT2D eigenvalue weighted by Gasteiger charge is -2.06. The van der Waals surface area contributed by atoms with E-state index in [1.807, 2.05) is 0 Å². The third-order valence-corrected chi connectivity index (χ3v) is 4.51. The summed E-state index contributed by atoms with van der Waals surface area (Å²) in [6.45, 7) is 0. The lowest BCUT2D eigenvalue weighted by atomic mass is 10.3. The Morgan fingerprint density at radius 2 is 1.56 bits per heavy atom. The van der Waals surface area contributed by atoms with Crippen molar-refractivity contribution in [3.05, 3.63) is 38.1 Å². The Bertz CT molecular complexity index is 505. The van der Waals surface area contributed by atoms with Crippen molar-refractivity contribution in [1.82, 2.24) is 0 Å². The molecule has 0 aliphatic heterocycles. The average Bonchev–Trinajstić information content (AvgIpc) is 2.20. The molecule has 0 atom stereocenters. The average molecular weight is 321 g/mol. The quantitative estimate of drug-likeness (QED) is 0.917. The van der Waals surface area contributed by atoms with Crippen LogP contribution in [0.4, 0.5) is 5.69 Å². The number of halogens is 4. The molecule has 0 heterocycles. The van der Waals surface area contributed by atoms with Gasteiger partial charge in [0.15, 0.2) is 4.36 Å². The highest BCUT2D eigenvalue weighted by atomic mass is 35.5. The Morgan fingerprint density at radius 3 is 2.00 bits per heavy atom. The molecule has 0 aliphatic rings. The summed E-state index contributed by atoms with van der Waals surface area (Å²) in [5.74, 6) is 0. The van der Waals surface area contributed by atoms with E-state index in [0.29, 0.717) is 10.7 Å². The molecular weight excluding hydrogens is 316 g/mol. The van der Waals surface area contributed by atoms with Gasteiger partial charge in [-0.05, 0) is 24.3 Å². The van der Waals surface area contributed by atoms with Gasteiger partial charge in [-0.2, -0.15) is 0 Å². The number of nitrogens with one attached hydrogen (secondary N) is 1. The zero-order valence-corrected chi connectivity index (χ0v) is 11.4. The maximum atomic E-state index is 11.5. The molecule has 0 unspecified atom stereocenters. The van der Waals surface area contributed by atoms with Crippen molar-refractivity contribution in [3.63, 3.8) is 0 Å². The van der Waals surface area contributed by atoms with Crippen molar-refractivity contribution >= 4 is 62.1 Å². The standard InChI is InChI=1S/C8H5Cl4NO2S/c9-5-1-3-6(4-2-5)13-16(14,15)8(12)7(10)11/h1-4,13H. The first-order chi connectivity index (χ1) is 7.33. The Morgan fingerprint density at radius 1 is 1.06 bits per heavy atom. The summed E-state index contributed by atoms with van der Waals surface area (Å²) in [5, 5.41) is 0.486. The number of anilines is 1. The van der Waals surface area contributed by atoms with Crippen molar-refractivity contribution < 1.29 is 8.42 Å². The van der Waals surface area contributed by atoms with Gasteiger partial charge in [-0.15, -0.1) is 0 Å². The van der Waals surface area contributed by atoms with Gasteiger partial charge >= 0.3 is 0 Å². The Labute approximate surface area is 113 Å². The summed E-state index contributed by atoms with van der Waals surface area (Å²) in [7, 11) is -3.94. The molecule has 1 rings (SSSR count). The molecule has 0 fully saturated rings. The maximum absolute atomic E-state index is 11.5. The number of sulfonamides is 1. The molecule has 1 aromatic rings. The summed E-state index contributed by atoms with van der Waals surface area (Å²) < 4.78 is 24.0. The fraction of sp³-hybridized carbons (Fsp3) is 0. The van der Waals surface area contributed by atoms with E-state index in [0.717, 1.165) is 0 Å². The van der Waals surface area contributed by atoms with Gasteiger partial charge in [0, 0.05) is 10.7 Å². The zero-order valence-electron chi connectivity index (χ0n) is 7.55. The fourth-order valence-corrected chi connectivity index (χ4v) is 2.41. The van der Waals surface area contributed by atoms with Crippen LogP contribution in [0.1, 0.15) is 0 Å². The first-order valence-electron chi connectivity index (χ1n) is 3.82. The molecular formula is C8H5Cl4NO2S. The van der Waals surface area contributed by atoms with Gasteiger partial charge in [-0.3, -0.25) is 4.72 Å². The van der Waals surface area contributed by atoms with Gasteiger partial charge in [0.25, 0.3) is 10.0 Å². The summed E-state index contributed by atoms with van der Waals surface area (Å²) in [6.07, 6.45) is 0. The second kappa shape index (κ2) is 5.47. The lowest BCUT2D eigenvalue weighted by molar-refractivity contribution is 0.608. The molecule has 0 amide bonds.